The molecule has 8 nitrogen and oxygen atoms in total. The summed E-state index contributed by atoms with van der Waals surface area (Å²) in [4.78, 5) is 25.5. The number of methoxy groups -OCH3 is 1. The molecule has 176 valence electrons. The summed E-state index contributed by atoms with van der Waals surface area (Å²) in [5.41, 5.74) is 4.95. The number of nitrogens with one attached hydrogen (secondary N) is 1. The summed E-state index contributed by atoms with van der Waals surface area (Å²) in [7, 11) is 1.65. The number of piperidine rings is 1. The lowest BCUT2D eigenvalue weighted by atomic mass is 9.91. The van der Waals surface area contributed by atoms with Crippen LogP contribution < -0.4 is 10.1 Å². The lowest BCUT2D eigenvalue weighted by Crippen LogP contribution is -2.40. The van der Waals surface area contributed by atoms with Crippen LogP contribution in [-0.4, -0.2) is 48.4 Å². The van der Waals surface area contributed by atoms with Crippen LogP contribution in [0, 0.1) is 6.92 Å². The number of carbonyl (C=O) groups excluding carboxylic acids is 1. The molecule has 2 atom stereocenters. The van der Waals surface area contributed by atoms with Gasteiger partial charge in [0.2, 0.25) is 0 Å². The first-order chi connectivity index (χ1) is 15.9. The van der Waals surface area contributed by atoms with Gasteiger partial charge in [-0.3, -0.25) is 10.2 Å². The maximum absolute atomic E-state index is 11.8. The highest BCUT2D eigenvalue weighted by atomic mass is 16.5. The molecule has 2 heterocycles. The lowest BCUT2D eigenvalue weighted by Gasteiger charge is -2.40. The molecule has 0 saturated carbocycles. The third-order valence-electron chi connectivity index (χ3n) is 6.47. The quantitative estimate of drug-likeness (QED) is 0.635. The Balaban J connectivity index is 1.68. The lowest BCUT2D eigenvalue weighted by molar-refractivity contribution is -0.0141. The van der Waals surface area contributed by atoms with Crippen LogP contribution in [0.15, 0.2) is 30.3 Å². The number of cyclic esters (lactones) is 1. The Bertz CT molecular complexity index is 1040. The van der Waals surface area contributed by atoms with Crippen molar-refractivity contribution < 1.29 is 28.9 Å². The van der Waals surface area contributed by atoms with E-state index in [9.17, 15) is 14.7 Å². The number of hydrogen-bond acceptors (Lipinski definition) is 6. The molecule has 1 amide bonds. The van der Waals surface area contributed by atoms with Gasteiger partial charge in [0.05, 0.1) is 24.5 Å². The number of hydrogen-bond donors (Lipinski definition) is 2. The van der Waals surface area contributed by atoms with Gasteiger partial charge in [-0.2, -0.15) is 0 Å². The third-order valence-corrected chi connectivity index (χ3v) is 6.47. The minimum absolute atomic E-state index is 0.0545. The first-order valence-corrected chi connectivity index (χ1v) is 11.2. The monoisotopic (exact) mass is 454 g/mol. The van der Waals surface area contributed by atoms with Gasteiger partial charge >= 0.3 is 12.1 Å². The van der Waals surface area contributed by atoms with Gasteiger partial charge in [0, 0.05) is 36.9 Å². The van der Waals surface area contributed by atoms with Crippen LogP contribution in [0.25, 0.3) is 0 Å². The number of aromatic carboxylic acids is 1. The third kappa shape index (κ3) is 4.82. The number of nitrogens with zero attached hydrogens (tertiary/aromatic N) is 1. The maximum atomic E-state index is 11.8. The van der Waals surface area contributed by atoms with Crippen LogP contribution in [-0.2, 0) is 22.6 Å². The number of fused-ring (bicyclic) bond motifs is 1. The SMILES string of the molecule is CCO[C@H]1CCN(Cc2c(OC)cc(C)c3c2COC(=O)N3)[C@H](c2ccc(C(=O)O)cc2)C1. The molecular weight excluding hydrogens is 424 g/mol. The molecule has 0 aliphatic carbocycles. The van der Waals surface area contributed by atoms with Crippen LogP contribution >= 0.6 is 0 Å². The molecule has 1 fully saturated rings. The predicted molar refractivity (Wildman–Crippen MR) is 123 cm³/mol. The zero-order valence-electron chi connectivity index (χ0n) is 19.2. The Morgan fingerprint density at radius 2 is 2.06 bits per heavy atom. The van der Waals surface area contributed by atoms with Crippen LogP contribution in [0.1, 0.15) is 58.4 Å². The van der Waals surface area contributed by atoms with E-state index in [1.165, 1.54) is 0 Å². The molecule has 0 aromatic heterocycles. The minimum Gasteiger partial charge on any atom is -0.496 e. The molecule has 4 rings (SSSR count). The molecular formula is C25H30N2O6. The maximum Gasteiger partial charge on any atom is 0.411 e. The zero-order chi connectivity index (χ0) is 23.5. The van der Waals surface area contributed by atoms with Gasteiger partial charge < -0.3 is 19.3 Å². The second-order valence-corrected chi connectivity index (χ2v) is 8.44. The predicted octanol–water partition coefficient (Wildman–Crippen LogP) is 4.51. The number of carbonyl (C=O) groups is 2. The van der Waals surface area contributed by atoms with E-state index in [0.717, 1.165) is 53.1 Å². The van der Waals surface area contributed by atoms with Crippen molar-refractivity contribution in [1.82, 2.24) is 4.90 Å². The van der Waals surface area contributed by atoms with E-state index in [0.29, 0.717) is 13.2 Å². The van der Waals surface area contributed by atoms with Gasteiger partial charge in [0.15, 0.2) is 0 Å². The van der Waals surface area contributed by atoms with E-state index in [1.54, 1.807) is 19.2 Å². The fraction of sp³-hybridized carbons (Fsp3) is 0.440. The molecule has 0 spiro atoms. The molecule has 33 heavy (non-hydrogen) atoms. The molecule has 2 aromatic rings. The van der Waals surface area contributed by atoms with Gasteiger partial charge in [0.1, 0.15) is 12.4 Å². The van der Waals surface area contributed by atoms with E-state index >= 15 is 0 Å². The summed E-state index contributed by atoms with van der Waals surface area (Å²) in [6.07, 6.45) is 1.41. The van der Waals surface area contributed by atoms with Crippen molar-refractivity contribution in [3.8, 4) is 5.75 Å². The molecule has 0 unspecified atom stereocenters. The van der Waals surface area contributed by atoms with Crippen molar-refractivity contribution >= 4 is 17.7 Å². The number of anilines is 1. The number of rotatable bonds is 7. The Labute approximate surface area is 193 Å². The smallest absolute Gasteiger partial charge is 0.411 e. The highest BCUT2D eigenvalue weighted by Gasteiger charge is 2.32. The molecule has 0 bridgehead atoms. The van der Waals surface area contributed by atoms with Crippen LogP contribution in [0.3, 0.4) is 0 Å². The van der Waals surface area contributed by atoms with Gasteiger partial charge in [-0.1, -0.05) is 12.1 Å². The van der Waals surface area contributed by atoms with Crippen LogP contribution in [0.2, 0.25) is 0 Å². The van der Waals surface area contributed by atoms with E-state index in [1.807, 2.05) is 32.0 Å². The molecule has 1 saturated heterocycles. The zero-order valence-corrected chi connectivity index (χ0v) is 19.2. The Kier molecular flexibility index (Phi) is 6.85. The van der Waals surface area contributed by atoms with Gasteiger partial charge in [-0.15, -0.1) is 0 Å². The number of ether oxygens (including phenoxy) is 3. The van der Waals surface area contributed by atoms with Gasteiger partial charge in [-0.05, 0) is 56.0 Å². The van der Waals surface area contributed by atoms with E-state index in [2.05, 4.69) is 10.2 Å². The fourth-order valence-electron chi connectivity index (χ4n) is 4.81. The largest absolute Gasteiger partial charge is 0.496 e. The number of benzene rings is 2. The first kappa shape index (κ1) is 23.1. The summed E-state index contributed by atoms with van der Waals surface area (Å²) in [5.74, 6) is -0.176. The van der Waals surface area contributed by atoms with Gasteiger partial charge in [0.25, 0.3) is 0 Å². The van der Waals surface area contributed by atoms with Gasteiger partial charge in [-0.25, -0.2) is 9.59 Å². The van der Waals surface area contributed by atoms with Crippen molar-refractivity contribution in [1.29, 1.82) is 0 Å². The van der Waals surface area contributed by atoms with Crippen molar-refractivity contribution in [2.75, 3.05) is 25.6 Å². The number of likely N-dealkylation sites (tertiary alicyclic amines) is 1. The summed E-state index contributed by atoms with van der Waals surface area (Å²) >= 11 is 0. The Morgan fingerprint density at radius 3 is 2.73 bits per heavy atom. The molecule has 2 aliphatic rings. The first-order valence-electron chi connectivity index (χ1n) is 11.2. The average Bonchev–Trinajstić information content (AvgIpc) is 2.81. The number of aryl methyl sites for hydroxylation is 1. The fourth-order valence-corrected chi connectivity index (χ4v) is 4.81. The second-order valence-electron chi connectivity index (χ2n) is 8.44. The summed E-state index contributed by atoms with van der Waals surface area (Å²) in [5, 5.41) is 12.1. The Hall–Kier alpha value is -3.10. The van der Waals surface area contributed by atoms with Crippen molar-refractivity contribution in [3.63, 3.8) is 0 Å². The van der Waals surface area contributed by atoms with Crippen molar-refractivity contribution in [3.05, 3.63) is 58.1 Å². The van der Waals surface area contributed by atoms with E-state index in [4.69, 9.17) is 14.2 Å². The van der Waals surface area contributed by atoms with Crippen LogP contribution in [0.5, 0.6) is 5.75 Å². The standard InChI is InChI=1S/C25H30N2O6/c1-4-32-18-9-10-27(21(12-18)16-5-7-17(8-6-16)24(28)29)13-19-20-14-33-25(30)26-23(20)15(2)11-22(19)31-3/h5-8,11,18,21H,4,9-10,12-14H2,1-3H3,(H,26,30)(H,28,29)/t18-,21-/m0/s1. The molecule has 0 radical (unpaired) electrons. The summed E-state index contributed by atoms with van der Waals surface area (Å²) in [6.45, 7) is 6.22. The normalized spacial score (nSPS) is 20.5. The van der Waals surface area contributed by atoms with Crippen molar-refractivity contribution in [2.45, 2.75) is 52.0 Å². The molecule has 2 aliphatic heterocycles. The minimum atomic E-state index is -0.938. The average molecular weight is 455 g/mol. The summed E-state index contributed by atoms with van der Waals surface area (Å²) in [6, 6.07) is 9.08. The van der Waals surface area contributed by atoms with Crippen molar-refractivity contribution in [2.24, 2.45) is 0 Å². The highest BCUT2D eigenvalue weighted by Crippen LogP contribution is 2.40. The number of amides is 1. The number of carboxylic acids is 1. The van der Waals surface area contributed by atoms with Crippen LogP contribution in [0.4, 0.5) is 10.5 Å². The van der Waals surface area contributed by atoms with E-state index in [-0.39, 0.29) is 24.3 Å². The Morgan fingerprint density at radius 1 is 1.30 bits per heavy atom. The van der Waals surface area contributed by atoms with E-state index < -0.39 is 12.1 Å². The topological polar surface area (TPSA) is 97.3 Å². The molecule has 8 heteroatoms. The number of carboxylic acid groups (broad SMARTS) is 1. The highest BCUT2D eigenvalue weighted by molar-refractivity contribution is 5.89. The molecule has 2 N–H and O–H groups in total. The molecule has 2 aromatic carbocycles. The summed E-state index contributed by atoms with van der Waals surface area (Å²) < 4.78 is 16.9. The second kappa shape index (κ2) is 9.80.